The van der Waals surface area contributed by atoms with Gasteiger partial charge in [-0.2, -0.15) is 0 Å². The van der Waals surface area contributed by atoms with Crippen molar-refractivity contribution in [2.75, 3.05) is 20.8 Å². The number of rotatable bonds is 7. The van der Waals surface area contributed by atoms with E-state index in [1.807, 2.05) is 0 Å². The van der Waals surface area contributed by atoms with Crippen LogP contribution in [0.25, 0.3) is 0 Å². The summed E-state index contributed by atoms with van der Waals surface area (Å²) in [5.41, 5.74) is 0.775. The molecule has 1 aromatic carbocycles. The van der Waals surface area contributed by atoms with Crippen molar-refractivity contribution in [2.45, 2.75) is 31.2 Å². The maximum atomic E-state index is 12.4. The maximum Gasteiger partial charge on any atom is 0.244 e. The van der Waals surface area contributed by atoms with Gasteiger partial charge < -0.3 is 14.6 Å². The summed E-state index contributed by atoms with van der Waals surface area (Å²) >= 11 is 0. The molecule has 1 rings (SSSR count). The highest BCUT2D eigenvalue weighted by atomic mass is 32.2. The number of aryl methyl sites for hydroxylation is 1. The molecule has 0 aliphatic rings. The van der Waals surface area contributed by atoms with E-state index in [1.54, 1.807) is 19.9 Å². The smallest absolute Gasteiger partial charge is 0.244 e. The molecule has 0 aromatic heterocycles. The van der Waals surface area contributed by atoms with Crippen molar-refractivity contribution in [1.82, 2.24) is 4.72 Å². The van der Waals surface area contributed by atoms with Crippen LogP contribution in [0.15, 0.2) is 17.0 Å². The third-order valence-corrected chi connectivity index (χ3v) is 4.55. The van der Waals surface area contributed by atoms with Crippen LogP contribution in [-0.2, 0) is 10.0 Å². The van der Waals surface area contributed by atoms with Crippen molar-refractivity contribution in [3.05, 3.63) is 17.7 Å². The minimum absolute atomic E-state index is 0.00523. The number of nitrogens with one attached hydrogen (secondary N) is 1. The molecule has 1 aromatic rings. The van der Waals surface area contributed by atoms with Gasteiger partial charge >= 0.3 is 0 Å². The topological polar surface area (TPSA) is 84.9 Å². The lowest BCUT2D eigenvalue weighted by Crippen LogP contribution is -2.37. The number of benzene rings is 1. The second-order valence-corrected chi connectivity index (χ2v) is 6.06. The van der Waals surface area contributed by atoms with Gasteiger partial charge in [0.15, 0.2) is 0 Å². The first-order valence-electron chi connectivity index (χ1n) is 6.25. The van der Waals surface area contributed by atoms with Gasteiger partial charge in [-0.15, -0.1) is 0 Å². The zero-order valence-corrected chi connectivity index (χ0v) is 13.0. The molecule has 1 atom stereocenters. The first kappa shape index (κ1) is 16.7. The standard InChI is InChI=1S/C13H21NO5S/c1-5-10(8-15)14-20(16,17)13-7-11(18-3)9(2)6-12(13)19-4/h6-7,10,14-15H,5,8H2,1-4H3/t10-/m0/s1. The molecule has 114 valence electrons. The molecular formula is C13H21NO5S. The summed E-state index contributed by atoms with van der Waals surface area (Å²) in [6, 6.07) is 2.49. The molecule has 2 N–H and O–H groups in total. The lowest BCUT2D eigenvalue weighted by atomic mass is 10.2. The second-order valence-electron chi connectivity index (χ2n) is 4.38. The zero-order chi connectivity index (χ0) is 15.3. The molecule has 7 heteroatoms. The number of sulfonamides is 1. The fraction of sp³-hybridized carbons (Fsp3) is 0.538. The van der Waals surface area contributed by atoms with Gasteiger partial charge in [0.05, 0.1) is 20.8 Å². The maximum absolute atomic E-state index is 12.4. The number of hydrogen-bond donors (Lipinski definition) is 2. The predicted molar refractivity (Wildman–Crippen MR) is 75.8 cm³/mol. The SMILES string of the molecule is CC[C@@H](CO)NS(=O)(=O)c1cc(OC)c(C)cc1OC. The predicted octanol–water partition coefficient (Wildman–Crippen LogP) is 1.06. The largest absolute Gasteiger partial charge is 0.496 e. The Morgan fingerprint density at radius 1 is 1.25 bits per heavy atom. The molecule has 0 spiro atoms. The highest BCUT2D eigenvalue weighted by Gasteiger charge is 2.24. The molecule has 6 nitrogen and oxygen atoms in total. The molecule has 0 bridgehead atoms. The Morgan fingerprint density at radius 3 is 2.30 bits per heavy atom. The first-order valence-corrected chi connectivity index (χ1v) is 7.73. The van der Waals surface area contributed by atoms with Gasteiger partial charge in [-0.05, 0) is 25.0 Å². The van der Waals surface area contributed by atoms with Gasteiger partial charge in [-0.25, -0.2) is 13.1 Å². The van der Waals surface area contributed by atoms with Gasteiger partial charge in [0.25, 0.3) is 0 Å². The minimum atomic E-state index is -3.79. The first-order chi connectivity index (χ1) is 9.39. The monoisotopic (exact) mass is 303 g/mol. The highest BCUT2D eigenvalue weighted by Crippen LogP contribution is 2.31. The Kier molecular flexibility index (Phi) is 5.79. The van der Waals surface area contributed by atoms with Crippen LogP contribution in [0.1, 0.15) is 18.9 Å². The van der Waals surface area contributed by atoms with Crippen LogP contribution in [-0.4, -0.2) is 40.4 Å². The molecule has 0 saturated heterocycles. The average Bonchev–Trinajstić information content (AvgIpc) is 2.44. The van der Waals surface area contributed by atoms with E-state index in [2.05, 4.69) is 4.72 Å². The van der Waals surface area contributed by atoms with Crippen LogP contribution < -0.4 is 14.2 Å². The van der Waals surface area contributed by atoms with Crippen LogP contribution in [0.3, 0.4) is 0 Å². The van der Waals surface area contributed by atoms with Crippen LogP contribution >= 0.6 is 0 Å². The van der Waals surface area contributed by atoms with E-state index in [9.17, 15) is 8.42 Å². The minimum Gasteiger partial charge on any atom is -0.496 e. The van der Waals surface area contributed by atoms with Crippen LogP contribution in [0.4, 0.5) is 0 Å². The Bertz CT molecular complexity index is 552. The molecular weight excluding hydrogens is 282 g/mol. The number of ether oxygens (including phenoxy) is 2. The van der Waals surface area contributed by atoms with Crippen LogP contribution in [0, 0.1) is 6.92 Å². The Hall–Kier alpha value is -1.31. The van der Waals surface area contributed by atoms with Gasteiger partial charge in [0, 0.05) is 12.1 Å². The van der Waals surface area contributed by atoms with Crippen molar-refractivity contribution in [2.24, 2.45) is 0 Å². The molecule has 0 unspecified atom stereocenters. The molecule has 20 heavy (non-hydrogen) atoms. The summed E-state index contributed by atoms with van der Waals surface area (Å²) in [6.45, 7) is 3.32. The lowest BCUT2D eigenvalue weighted by molar-refractivity contribution is 0.253. The normalized spacial score (nSPS) is 13.1. The van der Waals surface area contributed by atoms with E-state index in [4.69, 9.17) is 14.6 Å². The van der Waals surface area contributed by atoms with E-state index in [0.717, 1.165) is 5.56 Å². The molecule has 0 fully saturated rings. The Morgan fingerprint density at radius 2 is 1.85 bits per heavy atom. The van der Waals surface area contributed by atoms with Crippen LogP contribution in [0.5, 0.6) is 11.5 Å². The average molecular weight is 303 g/mol. The van der Waals surface area contributed by atoms with Gasteiger partial charge in [0.2, 0.25) is 10.0 Å². The van der Waals surface area contributed by atoms with E-state index in [0.29, 0.717) is 12.2 Å². The summed E-state index contributed by atoms with van der Waals surface area (Å²) in [7, 11) is -0.911. The molecule has 0 amide bonds. The van der Waals surface area contributed by atoms with Crippen molar-refractivity contribution in [3.8, 4) is 11.5 Å². The van der Waals surface area contributed by atoms with Crippen molar-refractivity contribution < 1.29 is 23.0 Å². The summed E-state index contributed by atoms with van der Waals surface area (Å²) in [5.74, 6) is 0.701. The molecule has 0 aliphatic heterocycles. The molecule has 0 heterocycles. The van der Waals surface area contributed by atoms with E-state index >= 15 is 0 Å². The summed E-state index contributed by atoms with van der Waals surface area (Å²) in [4.78, 5) is -0.00523. The lowest BCUT2D eigenvalue weighted by Gasteiger charge is -2.17. The molecule has 0 aliphatic carbocycles. The Balaban J connectivity index is 3.29. The van der Waals surface area contributed by atoms with E-state index in [1.165, 1.54) is 20.3 Å². The third-order valence-electron chi connectivity index (χ3n) is 3.01. The number of aliphatic hydroxyl groups excluding tert-OH is 1. The van der Waals surface area contributed by atoms with E-state index < -0.39 is 16.1 Å². The van der Waals surface area contributed by atoms with E-state index in [-0.39, 0.29) is 17.3 Å². The number of hydrogen-bond acceptors (Lipinski definition) is 5. The fourth-order valence-electron chi connectivity index (χ4n) is 1.76. The van der Waals surface area contributed by atoms with Crippen molar-refractivity contribution in [3.63, 3.8) is 0 Å². The van der Waals surface area contributed by atoms with Gasteiger partial charge in [-0.1, -0.05) is 6.92 Å². The second kappa shape index (κ2) is 6.92. The molecule has 0 saturated carbocycles. The fourth-order valence-corrected chi connectivity index (χ4v) is 3.24. The van der Waals surface area contributed by atoms with Crippen molar-refractivity contribution >= 4 is 10.0 Å². The third kappa shape index (κ3) is 3.62. The Labute approximate surface area is 119 Å². The van der Waals surface area contributed by atoms with Crippen LogP contribution in [0.2, 0.25) is 0 Å². The summed E-state index contributed by atoms with van der Waals surface area (Å²) in [6.07, 6.45) is 0.487. The number of aliphatic hydroxyl groups is 1. The number of methoxy groups -OCH3 is 2. The van der Waals surface area contributed by atoms with Crippen molar-refractivity contribution in [1.29, 1.82) is 0 Å². The quantitative estimate of drug-likeness (QED) is 0.787. The van der Waals surface area contributed by atoms with Gasteiger partial charge in [0.1, 0.15) is 16.4 Å². The highest BCUT2D eigenvalue weighted by molar-refractivity contribution is 7.89. The molecule has 0 radical (unpaired) electrons. The van der Waals surface area contributed by atoms with Gasteiger partial charge in [-0.3, -0.25) is 0 Å². The summed E-state index contributed by atoms with van der Waals surface area (Å²) in [5, 5.41) is 9.12. The summed E-state index contributed by atoms with van der Waals surface area (Å²) < 4.78 is 37.4. The zero-order valence-electron chi connectivity index (χ0n) is 12.1.